The minimum Gasteiger partial charge on any atom is -0.375 e. The van der Waals surface area contributed by atoms with Gasteiger partial charge in [0.1, 0.15) is 0 Å². The van der Waals surface area contributed by atoms with Gasteiger partial charge in [-0.25, -0.2) is 4.98 Å². The molecule has 2 aromatic rings. The number of rotatable bonds is 4. The lowest BCUT2D eigenvalue weighted by Crippen LogP contribution is -1.94. The molecular formula is C14H18N2S. The summed E-state index contributed by atoms with van der Waals surface area (Å²) in [4.78, 5) is 4.27. The van der Waals surface area contributed by atoms with Gasteiger partial charge >= 0.3 is 0 Å². The van der Waals surface area contributed by atoms with Crippen LogP contribution in [-0.2, 0) is 12.8 Å². The largest absolute Gasteiger partial charge is 0.375 e. The van der Waals surface area contributed by atoms with E-state index in [1.807, 2.05) is 5.38 Å². The standard InChI is InChI=1S/C14H18N2S/c1-10(2)12-6-3-11(4-7-12)5-8-13-9-17-14(15)16-13/h3-4,6-7,9-10H,5,8H2,1-2H3,(H2,15,16). The van der Waals surface area contributed by atoms with Gasteiger partial charge in [-0.2, -0.15) is 0 Å². The van der Waals surface area contributed by atoms with E-state index < -0.39 is 0 Å². The average Bonchev–Trinajstić information content (AvgIpc) is 2.73. The van der Waals surface area contributed by atoms with Crippen molar-refractivity contribution < 1.29 is 0 Å². The molecule has 2 rings (SSSR count). The zero-order valence-electron chi connectivity index (χ0n) is 10.3. The molecule has 0 unspecified atom stereocenters. The number of thiazole rings is 1. The Kier molecular flexibility index (Phi) is 3.79. The minimum atomic E-state index is 0.599. The highest BCUT2D eigenvalue weighted by atomic mass is 32.1. The lowest BCUT2D eigenvalue weighted by atomic mass is 10.00. The van der Waals surface area contributed by atoms with E-state index in [4.69, 9.17) is 5.73 Å². The first-order chi connectivity index (χ1) is 8.15. The van der Waals surface area contributed by atoms with Crippen molar-refractivity contribution in [2.24, 2.45) is 0 Å². The minimum absolute atomic E-state index is 0.599. The third kappa shape index (κ3) is 3.30. The summed E-state index contributed by atoms with van der Waals surface area (Å²) < 4.78 is 0. The van der Waals surface area contributed by atoms with Crippen molar-refractivity contribution in [3.8, 4) is 0 Å². The Balaban J connectivity index is 1.95. The van der Waals surface area contributed by atoms with Crippen molar-refractivity contribution in [1.29, 1.82) is 0 Å². The van der Waals surface area contributed by atoms with Gasteiger partial charge in [0, 0.05) is 5.38 Å². The van der Waals surface area contributed by atoms with Gasteiger partial charge in [0.2, 0.25) is 0 Å². The highest BCUT2D eigenvalue weighted by Gasteiger charge is 2.01. The van der Waals surface area contributed by atoms with E-state index in [2.05, 4.69) is 43.1 Å². The number of hydrogen-bond acceptors (Lipinski definition) is 3. The summed E-state index contributed by atoms with van der Waals surface area (Å²) >= 11 is 1.51. The smallest absolute Gasteiger partial charge is 0.180 e. The molecule has 1 aromatic heterocycles. The van der Waals surface area contributed by atoms with Gasteiger partial charge in [-0.15, -0.1) is 11.3 Å². The van der Waals surface area contributed by atoms with E-state index in [0.29, 0.717) is 11.0 Å². The van der Waals surface area contributed by atoms with Crippen LogP contribution in [0.2, 0.25) is 0 Å². The molecular weight excluding hydrogens is 228 g/mol. The zero-order valence-corrected chi connectivity index (χ0v) is 11.1. The highest BCUT2D eigenvalue weighted by molar-refractivity contribution is 7.13. The maximum atomic E-state index is 5.61. The van der Waals surface area contributed by atoms with Crippen LogP contribution in [-0.4, -0.2) is 4.98 Å². The Bertz CT molecular complexity index is 471. The Labute approximate surface area is 107 Å². The van der Waals surface area contributed by atoms with E-state index in [1.54, 1.807) is 0 Å². The third-order valence-electron chi connectivity index (χ3n) is 2.89. The van der Waals surface area contributed by atoms with Gasteiger partial charge in [-0.05, 0) is 29.9 Å². The van der Waals surface area contributed by atoms with E-state index in [-0.39, 0.29) is 0 Å². The SMILES string of the molecule is CC(C)c1ccc(CCc2csc(N)n2)cc1. The molecule has 1 heterocycles. The first-order valence-electron chi connectivity index (χ1n) is 5.94. The van der Waals surface area contributed by atoms with Crippen LogP contribution >= 0.6 is 11.3 Å². The third-order valence-corrected chi connectivity index (χ3v) is 3.61. The summed E-state index contributed by atoms with van der Waals surface area (Å²) in [6.45, 7) is 4.43. The molecule has 0 atom stereocenters. The number of hydrogen-bond donors (Lipinski definition) is 1. The van der Waals surface area contributed by atoms with E-state index in [0.717, 1.165) is 18.5 Å². The molecule has 1 aromatic carbocycles. The van der Waals surface area contributed by atoms with Gasteiger partial charge in [-0.1, -0.05) is 38.1 Å². The zero-order chi connectivity index (χ0) is 12.3. The van der Waals surface area contributed by atoms with Crippen LogP contribution in [0.15, 0.2) is 29.6 Å². The van der Waals surface area contributed by atoms with E-state index in [1.165, 1.54) is 22.5 Å². The maximum absolute atomic E-state index is 5.61. The van der Waals surface area contributed by atoms with Gasteiger partial charge < -0.3 is 5.73 Å². The summed E-state index contributed by atoms with van der Waals surface area (Å²) in [6, 6.07) is 8.86. The lowest BCUT2D eigenvalue weighted by molar-refractivity contribution is 0.861. The van der Waals surface area contributed by atoms with Gasteiger partial charge in [0.05, 0.1) is 5.69 Å². The first-order valence-corrected chi connectivity index (χ1v) is 6.82. The number of nitrogens with zero attached hydrogens (tertiary/aromatic N) is 1. The number of nitrogen functional groups attached to an aromatic ring is 1. The molecule has 0 amide bonds. The Hall–Kier alpha value is -1.35. The van der Waals surface area contributed by atoms with Crippen LogP contribution < -0.4 is 5.73 Å². The lowest BCUT2D eigenvalue weighted by Gasteiger charge is -2.06. The predicted molar refractivity (Wildman–Crippen MR) is 74.5 cm³/mol. The second-order valence-electron chi connectivity index (χ2n) is 4.57. The van der Waals surface area contributed by atoms with Crippen molar-refractivity contribution in [2.75, 3.05) is 5.73 Å². The molecule has 0 spiro atoms. The molecule has 0 radical (unpaired) electrons. The Morgan fingerprint density at radius 3 is 2.41 bits per heavy atom. The number of aryl methyl sites for hydroxylation is 2. The first kappa shape index (κ1) is 12.1. The molecule has 0 fully saturated rings. The summed E-state index contributed by atoms with van der Waals surface area (Å²) in [5.41, 5.74) is 9.46. The van der Waals surface area contributed by atoms with Crippen molar-refractivity contribution in [1.82, 2.24) is 4.98 Å². The van der Waals surface area contributed by atoms with Crippen molar-refractivity contribution in [3.63, 3.8) is 0 Å². The fraction of sp³-hybridized carbons (Fsp3) is 0.357. The molecule has 2 nitrogen and oxygen atoms in total. The number of aromatic nitrogens is 1. The van der Waals surface area contributed by atoms with Crippen molar-refractivity contribution >= 4 is 16.5 Å². The van der Waals surface area contributed by atoms with Crippen LogP contribution in [0.1, 0.15) is 36.6 Å². The topological polar surface area (TPSA) is 38.9 Å². The van der Waals surface area contributed by atoms with Crippen LogP contribution in [0.25, 0.3) is 0 Å². The fourth-order valence-electron chi connectivity index (χ4n) is 1.78. The molecule has 90 valence electrons. The van der Waals surface area contributed by atoms with E-state index in [9.17, 15) is 0 Å². The predicted octanol–water partition coefficient (Wildman–Crippen LogP) is 3.63. The molecule has 0 aliphatic carbocycles. The molecule has 0 aliphatic rings. The molecule has 0 bridgehead atoms. The number of anilines is 1. The molecule has 0 aliphatic heterocycles. The molecule has 0 saturated carbocycles. The van der Waals surface area contributed by atoms with Crippen molar-refractivity contribution in [2.45, 2.75) is 32.6 Å². The molecule has 17 heavy (non-hydrogen) atoms. The quantitative estimate of drug-likeness (QED) is 0.894. The van der Waals surface area contributed by atoms with Crippen molar-refractivity contribution in [3.05, 3.63) is 46.5 Å². The van der Waals surface area contributed by atoms with E-state index >= 15 is 0 Å². The maximum Gasteiger partial charge on any atom is 0.180 e. The number of nitrogens with two attached hydrogens (primary N) is 1. The molecule has 0 saturated heterocycles. The van der Waals surface area contributed by atoms with Crippen LogP contribution in [0.4, 0.5) is 5.13 Å². The summed E-state index contributed by atoms with van der Waals surface area (Å²) in [5, 5.41) is 2.70. The Morgan fingerprint density at radius 1 is 1.18 bits per heavy atom. The second kappa shape index (κ2) is 5.32. The molecule has 2 N–H and O–H groups in total. The van der Waals surface area contributed by atoms with Gasteiger partial charge in [0.15, 0.2) is 5.13 Å². The molecule has 3 heteroatoms. The van der Waals surface area contributed by atoms with Crippen LogP contribution in [0, 0.1) is 0 Å². The van der Waals surface area contributed by atoms with Gasteiger partial charge in [-0.3, -0.25) is 0 Å². The summed E-state index contributed by atoms with van der Waals surface area (Å²) in [5.74, 6) is 0.599. The summed E-state index contributed by atoms with van der Waals surface area (Å²) in [6.07, 6.45) is 2.00. The Morgan fingerprint density at radius 2 is 1.88 bits per heavy atom. The van der Waals surface area contributed by atoms with Crippen LogP contribution in [0.5, 0.6) is 0 Å². The second-order valence-corrected chi connectivity index (χ2v) is 5.46. The fourth-order valence-corrected chi connectivity index (χ4v) is 2.38. The normalized spacial score (nSPS) is 11.0. The highest BCUT2D eigenvalue weighted by Crippen LogP contribution is 2.17. The van der Waals surface area contributed by atoms with Gasteiger partial charge in [0.25, 0.3) is 0 Å². The van der Waals surface area contributed by atoms with Crippen LogP contribution in [0.3, 0.4) is 0 Å². The monoisotopic (exact) mass is 246 g/mol. The number of benzene rings is 1. The average molecular weight is 246 g/mol. The summed E-state index contributed by atoms with van der Waals surface area (Å²) in [7, 11) is 0.